The summed E-state index contributed by atoms with van der Waals surface area (Å²) in [4.78, 5) is 5.19. The second-order valence-corrected chi connectivity index (χ2v) is 6.45. The Morgan fingerprint density at radius 3 is 2.53 bits per heavy atom. The van der Waals surface area contributed by atoms with Crippen LogP contribution >= 0.6 is 0 Å². The number of nitrogens with two attached hydrogens (primary N) is 1. The van der Waals surface area contributed by atoms with E-state index in [2.05, 4.69) is 37.6 Å². The highest BCUT2D eigenvalue weighted by atomic mass is 15.3. The molecule has 2 N–H and O–H groups in total. The number of piperidine rings is 1. The third kappa shape index (κ3) is 2.25. The second kappa shape index (κ2) is 4.87. The van der Waals surface area contributed by atoms with Crippen LogP contribution in [0.4, 0.5) is 0 Å². The van der Waals surface area contributed by atoms with E-state index in [-0.39, 0.29) is 5.54 Å². The van der Waals surface area contributed by atoms with E-state index in [0.29, 0.717) is 12.1 Å². The Labute approximate surface area is 106 Å². The van der Waals surface area contributed by atoms with Crippen LogP contribution < -0.4 is 5.73 Å². The van der Waals surface area contributed by atoms with Crippen LogP contribution in [-0.4, -0.2) is 54.1 Å². The predicted octanol–water partition coefficient (Wildman–Crippen LogP) is 1.53. The van der Waals surface area contributed by atoms with Crippen molar-refractivity contribution in [1.82, 2.24) is 9.80 Å². The first-order chi connectivity index (χ1) is 8.00. The topological polar surface area (TPSA) is 32.5 Å². The van der Waals surface area contributed by atoms with Crippen LogP contribution in [0.25, 0.3) is 0 Å². The summed E-state index contributed by atoms with van der Waals surface area (Å²) in [5, 5.41) is 0. The minimum Gasteiger partial charge on any atom is -0.329 e. The lowest BCUT2D eigenvalue weighted by Gasteiger charge is -2.49. The molecule has 2 heterocycles. The Bertz CT molecular complexity index is 256. The van der Waals surface area contributed by atoms with Crippen molar-refractivity contribution in [3.05, 3.63) is 0 Å². The lowest BCUT2D eigenvalue weighted by atomic mass is 9.84. The third-order valence-electron chi connectivity index (χ3n) is 5.33. The van der Waals surface area contributed by atoms with Gasteiger partial charge in [0.15, 0.2) is 0 Å². The van der Waals surface area contributed by atoms with Crippen LogP contribution in [0.3, 0.4) is 0 Å². The average Bonchev–Trinajstić information content (AvgIpc) is 2.60. The molecule has 2 rings (SSSR count). The maximum absolute atomic E-state index is 6.16. The van der Waals surface area contributed by atoms with Gasteiger partial charge in [-0.15, -0.1) is 0 Å². The number of likely N-dealkylation sites (N-methyl/N-ethyl adjacent to an activating group) is 1. The minimum atomic E-state index is 0.238. The van der Waals surface area contributed by atoms with Crippen molar-refractivity contribution in [3.8, 4) is 0 Å². The van der Waals surface area contributed by atoms with Gasteiger partial charge in [-0.25, -0.2) is 0 Å². The minimum absolute atomic E-state index is 0.238. The molecule has 100 valence electrons. The van der Waals surface area contributed by atoms with Crippen LogP contribution in [0.5, 0.6) is 0 Å². The fraction of sp³-hybridized carbons (Fsp3) is 1.00. The molecule has 4 atom stereocenters. The van der Waals surface area contributed by atoms with Crippen LogP contribution in [0.15, 0.2) is 0 Å². The first-order valence-corrected chi connectivity index (χ1v) is 7.17. The molecule has 0 aromatic carbocycles. The van der Waals surface area contributed by atoms with Gasteiger partial charge in [-0.05, 0) is 52.6 Å². The van der Waals surface area contributed by atoms with Gasteiger partial charge in [-0.2, -0.15) is 0 Å². The maximum atomic E-state index is 6.16. The summed E-state index contributed by atoms with van der Waals surface area (Å²) in [6.07, 6.45) is 3.95. The van der Waals surface area contributed by atoms with E-state index in [4.69, 9.17) is 5.73 Å². The molecule has 2 aliphatic heterocycles. The highest BCUT2D eigenvalue weighted by molar-refractivity contribution is 5.05. The van der Waals surface area contributed by atoms with Gasteiger partial charge in [0.2, 0.25) is 0 Å². The molecular weight excluding hydrogens is 210 g/mol. The molecule has 2 fully saturated rings. The van der Waals surface area contributed by atoms with Crippen molar-refractivity contribution in [2.45, 2.75) is 57.7 Å². The van der Waals surface area contributed by atoms with E-state index in [0.717, 1.165) is 19.0 Å². The van der Waals surface area contributed by atoms with Crippen molar-refractivity contribution in [2.75, 3.05) is 26.7 Å². The number of rotatable bonds is 2. The van der Waals surface area contributed by atoms with Crippen molar-refractivity contribution in [2.24, 2.45) is 11.7 Å². The molecule has 17 heavy (non-hydrogen) atoms. The van der Waals surface area contributed by atoms with Gasteiger partial charge in [-0.1, -0.05) is 6.92 Å². The van der Waals surface area contributed by atoms with Crippen LogP contribution in [-0.2, 0) is 0 Å². The Kier molecular flexibility index (Phi) is 3.81. The molecule has 0 radical (unpaired) electrons. The maximum Gasteiger partial charge on any atom is 0.0476 e. The van der Waals surface area contributed by atoms with E-state index in [1.54, 1.807) is 0 Å². The average molecular weight is 239 g/mol. The van der Waals surface area contributed by atoms with Crippen molar-refractivity contribution < 1.29 is 0 Å². The molecule has 0 amide bonds. The van der Waals surface area contributed by atoms with E-state index < -0.39 is 0 Å². The number of likely N-dealkylation sites (tertiary alicyclic amines) is 2. The Balaban J connectivity index is 2.18. The third-order valence-corrected chi connectivity index (χ3v) is 5.33. The number of hydrogen-bond donors (Lipinski definition) is 1. The van der Waals surface area contributed by atoms with E-state index in [1.807, 2.05) is 0 Å². The fourth-order valence-electron chi connectivity index (χ4n) is 3.87. The zero-order chi connectivity index (χ0) is 12.6. The number of hydrogen-bond acceptors (Lipinski definition) is 3. The monoisotopic (exact) mass is 239 g/mol. The van der Waals surface area contributed by atoms with Crippen LogP contribution in [0.2, 0.25) is 0 Å². The summed E-state index contributed by atoms with van der Waals surface area (Å²) < 4.78 is 0. The highest BCUT2D eigenvalue weighted by Gasteiger charge is 2.47. The molecule has 2 saturated heterocycles. The van der Waals surface area contributed by atoms with Gasteiger partial charge >= 0.3 is 0 Å². The molecule has 3 heteroatoms. The molecule has 0 aromatic heterocycles. The van der Waals surface area contributed by atoms with Gasteiger partial charge in [-0.3, -0.25) is 4.90 Å². The Morgan fingerprint density at radius 1 is 1.29 bits per heavy atom. The normalized spacial score (nSPS) is 45.4. The standard InChI is InChI=1S/C14H29N3/c1-11-6-5-7-17(13(11)3)14(9-15)8-12(2)16(4)10-14/h11-13H,5-10,15H2,1-4H3. The van der Waals surface area contributed by atoms with E-state index in [1.165, 1.54) is 25.8 Å². The first-order valence-electron chi connectivity index (χ1n) is 7.17. The molecule has 3 nitrogen and oxygen atoms in total. The quantitative estimate of drug-likeness (QED) is 0.793. The molecule has 0 aromatic rings. The van der Waals surface area contributed by atoms with Gasteiger partial charge in [0.05, 0.1) is 0 Å². The SMILES string of the molecule is CC1CCCN(C2(CN)CC(C)N(C)C2)C1C. The van der Waals surface area contributed by atoms with Crippen LogP contribution in [0, 0.1) is 5.92 Å². The first kappa shape index (κ1) is 13.3. The Hall–Kier alpha value is -0.120. The van der Waals surface area contributed by atoms with Crippen molar-refractivity contribution in [1.29, 1.82) is 0 Å². The van der Waals surface area contributed by atoms with E-state index in [9.17, 15) is 0 Å². The predicted molar refractivity (Wildman–Crippen MR) is 73.1 cm³/mol. The van der Waals surface area contributed by atoms with Crippen molar-refractivity contribution >= 4 is 0 Å². The summed E-state index contributed by atoms with van der Waals surface area (Å²) >= 11 is 0. The summed E-state index contributed by atoms with van der Waals surface area (Å²) in [6.45, 7) is 10.3. The molecular formula is C14H29N3. The van der Waals surface area contributed by atoms with Gasteiger partial charge < -0.3 is 10.6 Å². The smallest absolute Gasteiger partial charge is 0.0476 e. The molecule has 0 aliphatic carbocycles. The molecule has 2 aliphatic rings. The summed E-state index contributed by atoms with van der Waals surface area (Å²) in [7, 11) is 2.24. The molecule has 4 unspecified atom stereocenters. The zero-order valence-electron chi connectivity index (χ0n) is 11.9. The summed E-state index contributed by atoms with van der Waals surface area (Å²) in [5.74, 6) is 0.813. The van der Waals surface area contributed by atoms with Gasteiger partial charge in [0, 0.05) is 30.7 Å². The molecule has 0 spiro atoms. The lowest BCUT2D eigenvalue weighted by Crippen LogP contribution is -2.61. The van der Waals surface area contributed by atoms with Gasteiger partial charge in [0.25, 0.3) is 0 Å². The largest absolute Gasteiger partial charge is 0.329 e. The van der Waals surface area contributed by atoms with Crippen LogP contribution in [0.1, 0.15) is 40.0 Å². The number of nitrogens with zero attached hydrogens (tertiary/aromatic N) is 2. The Morgan fingerprint density at radius 2 is 2.00 bits per heavy atom. The second-order valence-electron chi connectivity index (χ2n) is 6.45. The van der Waals surface area contributed by atoms with E-state index >= 15 is 0 Å². The molecule has 0 bridgehead atoms. The fourth-order valence-corrected chi connectivity index (χ4v) is 3.87. The van der Waals surface area contributed by atoms with Crippen molar-refractivity contribution in [3.63, 3.8) is 0 Å². The zero-order valence-corrected chi connectivity index (χ0v) is 11.9. The molecule has 0 saturated carbocycles. The summed E-state index contributed by atoms with van der Waals surface area (Å²) in [5.41, 5.74) is 6.40. The highest BCUT2D eigenvalue weighted by Crippen LogP contribution is 2.36. The lowest BCUT2D eigenvalue weighted by molar-refractivity contribution is 0.0104. The van der Waals surface area contributed by atoms with Gasteiger partial charge in [0.1, 0.15) is 0 Å². The summed E-state index contributed by atoms with van der Waals surface area (Å²) in [6, 6.07) is 1.36.